The molecule has 1 aliphatic rings. The Morgan fingerprint density at radius 2 is 2.13 bits per heavy atom. The number of nitrogens with zero attached hydrogens (tertiary/aromatic N) is 5. The van der Waals surface area contributed by atoms with Crippen LogP contribution in [0, 0.1) is 0 Å². The topological polar surface area (TPSA) is 87.9 Å². The van der Waals surface area contributed by atoms with Crippen molar-refractivity contribution in [3.8, 4) is 0 Å². The Hall–Kier alpha value is -2.77. The number of hydrogen-bond donors (Lipinski definition) is 0. The minimum absolute atomic E-state index is 0.0937. The van der Waals surface area contributed by atoms with Crippen LogP contribution in [0.1, 0.15) is 34.9 Å². The molecule has 8 heteroatoms. The summed E-state index contributed by atoms with van der Waals surface area (Å²) in [7, 11) is 3.26. The van der Waals surface area contributed by atoms with Crippen molar-refractivity contribution in [1.29, 1.82) is 0 Å². The predicted octanol–water partition coefficient (Wildman–Crippen LogP) is 0.470. The van der Waals surface area contributed by atoms with Gasteiger partial charge in [-0.15, -0.1) is 0 Å². The number of carbonyl (C=O) groups excluding carboxylic acids is 3. The van der Waals surface area contributed by atoms with Crippen molar-refractivity contribution >= 4 is 29.9 Å². The maximum Gasteiger partial charge on any atom is 0.242 e. The fraction of sp³-hybridized carbons (Fsp3) is 0.400. The zero-order chi connectivity index (χ0) is 16.6. The van der Waals surface area contributed by atoms with Gasteiger partial charge >= 0.3 is 0 Å². The van der Waals surface area contributed by atoms with Crippen LogP contribution >= 0.6 is 0 Å². The van der Waals surface area contributed by atoms with Crippen molar-refractivity contribution in [3.05, 3.63) is 23.7 Å². The fourth-order valence-corrected chi connectivity index (χ4v) is 2.31. The van der Waals surface area contributed by atoms with Crippen LogP contribution in [-0.2, 0) is 9.59 Å². The molecule has 0 saturated heterocycles. The van der Waals surface area contributed by atoms with E-state index in [1.807, 2.05) is 0 Å². The molecule has 0 N–H and O–H groups in total. The van der Waals surface area contributed by atoms with Gasteiger partial charge < -0.3 is 9.80 Å². The Kier molecular flexibility index (Phi) is 3.81. The number of fused-ring (bicyclic) bond motifs is 1. The summed E-state index contributed by atoms with van der Waals surface area (Å²) in [6.07, 6.45) is 4.85. The van der Waals surface area contributed by atoms with Crippen LogP contribution in [0.25, 0.3) is 5.65 Å². The Morgan fingerprint density at radius 3 is 2.70 bits per heavy atom. The lowest BCUT2D eigenvalue weighted by molar-refractivity contribution is -0.128. The first-order chi connectivity index (χ1) is 11.0. The van der Waals surface area contributed by atoms with E-state index in [0.29, 0.717) is 29.9 Å². The smallest absolute Gasteiger partial charge is 0.242 e. The summed E-state index contributed by atoms with van der Waals surface area (Å²) >= 11 is 0. The Balaban J connectivity index is 2.08. The molecule has 2 heterocycles. The SMILES string of the molecule is CN(C)C(=O)CN(C=O)c1cc(C2CC2)nn2cc(C=O)nc12. The molecule has 1 saturated carbocycles. The third-order valence-electron chi connectivity index (χ3n) is 3.80. The number of amides is 2. The van der Waals surface area contributed by atoms with Gasteiger partial charge in [0.15, 0.2) is 11.9 Å². The highest BCUT2D eigenvalue weighted by Gasteiger charge is 2.28. The number of likely N-dealkylation sites (N-methyl/N-ethyl adjacent to an activating group) is 1. The zero-order valence-corrected chi connectivity index (χ0v) is 13.0. The first-order valence-corrected chi connectivity index (χ1v) is 7.31. The lowest BCUT2D eigenvalue weighted by Crippen LogP contribution is -2.36. The maximum atomic E-state index is 11.9. The molecule has 8 nitrogen and oxygen atoms in total. The molecule has 0 atom stereocenters. The molecule has 0 unspecified atom stereocenters. The van der Waals surface area contributed by atoms with E-state index in [0.717, 1.165) is 18.5 Å². The molecule has 1 aliphatic carbocycles. The van der Waals surface area contributed by atoms with Crippen LogP contribution in [0.2, 0.25) is 0 Å². The zero-order valence-electron chi connectivity index (χ0n) is 13.0. The number of aldehydes is 1. The predicted molar refractivity (Wildman–Crippen MR) is 82.5 cm³/mol. The average Bonchev–Trinajstić information content (AvgIpc) is 3.30. The fourth-order valence-electron chi connectivity index (χ4n) is 2.31. The van der Waals surface area contributed by atoms with E-state index in [2.05, 4.69) is 10.1 Å². The van der Waals surface area contributed by atoms with Crippen LogP contribution in [0.3, 0.4) is 0 Å². The summed E-state index contributed by atoms with van der Waals surface area (Å²) in [5.41, 5.74) is 1.94. The molecule has 2 amide bonds. The summed E-state index contributed by atoms with van der Waals surface area (Å²) in [5.74, 6) is 0.153. The van der Waals surface area contributed by atoms with Crippen LogP contribution in [0.5, 0.6) is 0 Å². The average molecular weight is 315 g/mol. The van der Waals surface area contributed by atoms with Gasteiger partial charge in [-0.05, 0) is 18.9 Å². The Labute approximate surface area is 132 Å². The number of rotatable bonds is 6. The third-order valence-corrected chi connectivity index (χ3v) is 3.80. The molecule has 0 radical (unpaired) electrons. The van der Waals surface area contributed by atoms with Crippen molar-refractivity contribution in [1.82, 2.24) is 19.5 Å². The number of anilines is 1. The van der Waals surface area contributed by atoms with Gasteiger partial charge in [0.2, 0.25) is 12.3 Å². The number of imidazole rings is 1. The standard InChI is InChI=1S/C15H17N5O3/c1-18(2)14(23)7-19(9-22)13-5-12(10-3-4-10)17-20-6-11(8-21)16-15(13)20/h5-6,8-10H,3-4,7H2,1-2H3. The second-order valence-electron chi connectivity index (χ2n) is 5.80. The van der Waals surface area contributed by atoms with E-state index in [1.165, 1.54) is 20.5 Å². The van der Waals surface area contributed by atoms with Crippen LogP contribution in [0.15, 0.2) is 12.3 Å². The minimum Gasteiger partial charge on any atom is -0.347 e. The number of carbonyl (C=O) groups is 3. The van der Waals surface area contributed by atoms with Gasteiger partial charge in [-0.2, -0.15) is 5.10 Å². The third kappa shape index (κ3) is 2.92. The Bertz CT molecular complexity index is 779. The molecule has 0 bridgehead atoms. The molecular weight excluding hydrogens is 298 g/mol. The van der Waals surface area contributed by atoms with E-state index in [9.17, 15) is 14.4 Å². The summed E-state index contributed by atoms with van der Waals surface area (Å²) in [4.78, 5) is 41.3. The monoisotopic (exact) mass is 315 g/mol. The molecule has 0 spiro atoms. The second-order valence-corrected chi connectivity index (χ2v) is 5.80. The minimum atomic E-state index is -0.206. The second kappa shape index (κ2) is 5.79. The van der Waals surface area contributed by atoms with Gasteiger partial charge in [-0.25, -0.2) is 9.50 Å². The van der Waals surface area contributed by atoms with Crippen LogP contribution < -0.4 is 4.90 Å². The van der Waals surface area contributed by atoms with Gasteiger partial charge in [0.1, 0.15) is 12.2 Å². The van der Waals surface area contributed by atoms with Gasteiger partial charge in [-0.3, -0.25) is 14.4 Å². The number of aromatic nitrogens is 3. The summed E-state index contributed by atoms with van der Waals surface area (Å²) < 4.78 is 1.50. The van der Waals surface area contributed by atoms with Crippen LogP contribution in [0.4, 0.5) is 5.69 Å². The quantitative estimate of drug-likeness (QED) is 0.723. The van der Waals surface area contributed by atoms with E-state index in [1.54, 1.807) is 20.2 Å². The largest absolute Gasteiger partial charge is 0.347 e. The highest BCUT2D eigenvalue weighted by atomic mass is 16.2. The van der Waals surface area contributed by atoms with E-state index >= 15 is 0 Å². The van der Waals surface area contributed by atoms with E-state index < -0.39 is 0 Å². The molecule has 2 aromatic rings. The number of hydrogen-bond acceptors (Lipinski definition) is 5. The molecule has 3 rings (SSSR count). The molecule has 23 heavy (non-hydrogen) atoms. The van der Waals surface area contributed by atoms with Crippen molar-refractivity contribution in [3.63, 3.8) is 0 Å². The molecule has 120 valence electrons. The Morgan fingerprint density at radius 1 is 1.39 bits per heavy atom. The van der Waals surface area contributed by atoms with Gasteiger partial charge in [-0.1, -0.05) is 0 Å². The first-order valence-electron chi connectivity index (χ1n) is 7.31. The molecule has 2 aromatic heterocycles. The lowest BCUT2D eigenvalue weighted by atomic mass is 10.2. The summed E-state index contributed by atoms with van der Waals surface area (Å²) in [6, 6.07) is 1.78. The van der Waals surface area contributed by atoms with Crippen LogP contribution in [-0.4, -0.2) is 58.7 Å². The summed E-state index contributed by atoms with van der Waals surface area (Å²) in [6.45, 7) is -0.0937. The maximum absolute atomic E-state index is 11.9. The van der Waals surface area contributed by atoms with E-state index in [4.69, 9.17) is 0 Å². The first kappa shape index (κ1) is 15.1. The van der Waals surface area contributed by atoms with Gasteiger partial charge in [0.25, 0.3) is 0 Å². The molecule has 1 fully saturated rings. The van der Waals surface area contributed by atoms with E-state index in [-0.39, 0.29) is 18.1 Å². The van der Waals surface area contributed by atoms with Crippen molar-refractivity contribution < 1.29 is 14.4 Å². The normalized spacial score (nSPS) is 13.8. The summed E-state index contributed by atoms with van der Waals surface area (Å²) in [5, 5.41) is 4.45. The van der Waals surface area contributed by atoms with Gasteiger partial charge in [0, 0.05) is 20.0 Å². The highest BCUT2D eigenvalue weighted by Crippen LogP contribution is 2.40. The van der Waals surface area contributed by atoms with Gasteiger partial charge in [0.05, 0.1) is 17.6 Å². The van der Waals surface area contributed by atoms with Crippen molar-refractivity contribution in [2.24, 2.45) is 0 Å². The molecule has 0 aromatic carbocycles. The highest BCUT2D eigenvalue weighted by molar-refractivity contribution is 5.92. The molecule has 0 aliphatic heterocycles. The van der Waals surface area contributed by atoms with Crippen molar-refractivity contribution in [2.45, 2.75) is 18.8 Å². The van der Waals surface area contributed by atoms with Crippen molar-refractivity contribution in [2.75, 3.05) is 25.5 Å². The molecular formula is C15H17N5O3. The lowest BCUT2D eigenvalue weighted by Gasteiger charge is -2.20.